The number of nitrogens with one attached hydrogen (secondary N) is 1. The molecule has 0 aromatic heterocycles. The first-order chi connectivity index (χ1) is 14.0. The molecule has 2 aromatic carbocycles. The third kappa shape index (κ3) is 5.02. The Morgan fingerprint density at radius 2 is 1.53 bits per heavy atom. The smallest absolute Gasteiger partial charge is 0.244 e. The van der Waals surface area contributed by atoms with Crippen LogP contribution in [-0.2, 0) is 10.0 Å². The standard InChI is InChI=1S/C18H16Cl4FN3O2S2/c1-25-2-4-26(5-3-25)30(27,28)16-8-11(12(19)9-13(16)20)18(29)24-10-6-14(21)17(23)15(22)7-10/h6-9H,2-5H2,1H3,(H,24,29). The van der Waals surface area contributed by atoms with Crippen LogP contribution in [0.5, 0.6) is 0 Å². The highest BCUT2D eigenvalue weighted by Gasteiger charge is 2.30. The highest BCUT2D eigenvalue weighted by atomic mass is 35.5. The van der Waals surface area contributed by atoms with E-state index >= 15 is 0 Å². The maximum Gasteiger partial charge on any atom is 0.244 e. The average molecular weight is 531 g/mol. The number of nitrogens with zero attached hydrogens (tertiary/aromatic N) is 2. The Labute approximate surface area is 199 Å². The second-order valence-corrected chi connectivity index (χ2v) is 10.6. The van der Waals surface area contributed by atoms with E-state index in [1.165, 1.54) is 28.6 Å². The molecule has 1 aliphatic heterocycles. The van der Waals surface area contributed by atoms with Gasteiger partial charge in [0.25, 0.3) is 0 Å². The van der Waals surface area contributed by atoms with Gasteiger partial charge in [0.15, 0.2) is 5.82 Å². The van der Waals surface area contributed by atoms with Crippen molar-refractivity contribution in [3.8, 4) is 0 Å². The molecule has 1 aliphatic rings. The van der Waals surface area contributed by atoms with E-state index in [1.807, 2.05) is 11.9 Å². The minimum absolute atomic E-state index is 0.00153. The van der Waals surface area contributed by atoms with Gasteiger partial charge in [0.2, 0.25) is 10.0 Å². The molecule has 1 heterocycles. The van der Waals surface area contributed by atoms with Crippen LogP contribution in [0.2, 0.25) is 20.1 Å². The average Bonchev–Trinajstić information content (AvgIpc) is 2.66. The van der Waals surface area contributed by atoms with Crippen molar-refractivity contribution >= 4 is 79.3 Å². The van der Waals surface area contributed by atoms with Gasteiger partial charge in [-0.1, -0.05) is 58.6 Å². The van der Waals surface area contributed by atoms with E-state index < -0.39 is 15.8 Å². The van der Waals surface area contributed by atoms with Crippen molar-refractivity contribution in [2.75, 3.05) is 38.5 Å². The summed E-state index contributed by atoms with van der Waals surface area (Å²) in [5, 5.41) is 2.63. The lowest BCUT2D eigenvalue weighted by Crippen LogP contribution is -2.47. The van der Waals surface area contributed by atoms with E-state index in [4.69, 9.17) is 58.6 Å². The predicted octanol–water partition coefficient (Wildman–Crippen LogP) is 5.16. The third-order valence-electron chi connectivity index (χ3n) is 4.59. The van der Waals surface area contributed by atoms with E-state index in [0.717, 1.165) is 0 Å². The Kier molecular flexibility index (Phi) is 7.52. The molecule has 5 nitrogen and oxygen atoms in total. The number of anilines is 1. The first-order valence-corrected chi connectivity index (χ1v) is 12.0. The molecular formula is C18H16Cl4FN3O2S2. The number of sulfonamides is 1. The Balaban J connectivity index is 1.94. The fourth-order valence-corrected chi connectivity index (χ4v) is 5.99. The fourth-order valence-electron chi connectivity index (χ4n) is 2.89. The molecule has 1 fully saturated rings. The van der Waals surface area contributed by atoms with E-state index in [9.17, 15) is 12.8 Å². The summed E-state index contributed by atoms with van der Waals surface area (Å²) in [6.45, 7) is 1.93. The maximum atomic E-state index is 13.6. The summed E-state index contributed by atoms with van der Waals surface area (Å²) in [6.07, 6.45) is 0. The van der Waals surface area contributed by atoms with Crippen molar-refractivity contribution in [3.05, 3.63) is 55.7 Å². The second kappa shape index (κ2) is 9.42. The number of benzene rings is 2. The van der Waals surface area contributed by atoms with E-state index in [0.29, 0.717) is 31.9 Å². The SMILES string of the molecule is CN1CCN(S(=O)(=O)c2cc(C(=S)Nc3cc(Cl)c(F)c(Cl)c3)c(Cl)cc2Cl)CC1. The van der Waals surface area contributed by atoms with Crippen molar-refractivity contribution < 1.29 is 12.8 Å². The Bertz CT molecular complexity index is 1080. The van der Waals surface area contributed by atoms with Gasteiger partial charge in [-0.3, -0.25) is 0 Å². The monoisotopic (exact) mass is 529 g/mol. The second-order valence-electron chi connectivity index (χ2n) is 6.68. The van der Waals surface area contributed by atoms with E-state index in [1.54, 1.807) is 0 Å². The van der Waals surface area contributed by atoms with Crippen LogP contribution in [0.15, 0.2) is 29.2 Å². The summed E-state index contributed by atoms with van der Waals surface area (Å²) in [7, 11) is -1.92. The van der Waals surface area contributed by atoms with Crippen LogP contribution in [-0.4, -0.2) is 55.8 Å². The molecular weight excluding hydrogens is 515 g/mol. The van der Waals surface area contributed by atoms with E-state index in [-0.39, 0.29) is 35.5 Å². The van der Waals surface area contributed by atoms with Gasteiger partial charge in [-0.2, -0.15) is 4.31 Å². The Morgan fingerprint density at radius 1 is 0.967 bits per heavy atom. The molecule has 1 saturated heterocycles. The molecule has 12 heteroatoms. The van der Waals surface area contributed by atoms with Gasteiger partial charge in [-0.25, -0.2) is 12.8 Å². The summed E-state index contributed by atoms with van der Waals surface area (Å²) in [6, 6.07) is 5.28. The van der Waals surface area contributed by atoms with Crippen molar-refractivity contribution in [2.45, 2.75) is 4.90 Å². The number of hydrogen-bond donors (Lipinski definition) is 1. The first kappa shape index (κ1) is 23.9. The number of piperazine rings is 1. The van der Waals surface area contributed by atoms with E-state index in [2.05, 4.69) is 5.32 Å². The minimum atomic E-state index is -3.84. The largest absolute Gasteiger partial charge is 0.346 e. The van der Waals surface area contributed by atoms with Crippen LogP contribution in [0.3, 0.4) is 0 Å². The molecule has 0 radical (unpaired) electrons. The van der Waals surface area contributed by atoms with Crippen molar-refractivity contribution in [3.63, 3.8) is 0 Å². The van der Waals surface area contributed by atoms with Gasteiger partial charge < -0.3 is 10.2 Å². The van der Waals surface area contributed by atoms with Gasteiger partial charge in [-0.05, 0) is 31.3 Å². The zero-order chi connectivity index (χ0) is 22.2. The molecule has 2 aromatic rings. The maximum absolute atomic E-state index is 13.6. The lowest BCUT2D eigenvalue weighted by atomic mass is 10.2. The molecule has 30 heavy (non-hydrogen) atoms. The Morgan fingerprint density at radius 3 is 2.10 bits per heavy atom. The van der Waals surface area contributed by atoms with Crippen LogP contribution in [0, 0.1) is 5.82 Å². The van der Waals surface area contributed by atoms with Gasteiger partial charge in [0.05, 0.1) is 20.1 Å². The van der Waals surface area contributed by atoms with Gasteiger partial charge in [-0.15, -0.1) is 0 Å². The summed E-state index contributed by atoms with van der Waals surface area (Å²) in [5.74, 6) is -0.750. The Hall–Kier alpha value is -0.710. The molecule has 0 saturated carbocycles. The molecule has 0 amide bonds. The summed E-state index contributed by atoms with van der Waals surface area (Å²) in [4.78, 5) is 2.05. The van der Waals surface area contributed by atoms with Crippen molar-refractivity contribution in [1.82, 2.24) is 9.21 Å². The highest BCUT2D eigenvalue weighted by Crippen LogP contribution is 2.33. The van der Waals surface area contributed by atoms with Gasteiger partial charge in [0, 0.05) is 37.4 Å². The molecule has 0 atom stereocenters. The number of likely N-dealkylation sites (N-methyl/N-ethyl adjacent to an activating group) is 1. The third-order valence-corrected chi connectivity index (χ3v) is 8.14. The molecule has 1 N–H and O–H groups in total. The summed E-state index contributed by atoms with van der Waals surface area (Å²) < 4.78 is 41.3. The van der Waals surface area contributed by atoms with Crippen LogP contribution in [0.25, 0.3) is 0 Å². The quantitative estimate of drug-likeness (QED) is 0.437. The predicted molar refractivity (Wildman–Crippen MR) is 124 cm³/mol. The number of rotatable bonds is 4. The lowest BCUT2D eigenvalue weighted by Gasteiger charge is -2.31. The topological polar surface area (TPSA) is 52.7 Å². The molecule has 0 unspecified atom stereocenters. The van der Waals surface area contributed by atoms with Crippen LogP contribution in [0.4, 0.5) is 10.1 Å². The number of hydrogen-bond acceptors (Lipinski definition) is 4. The summed E-state index contributed by atoms with van der Waals surface area (Å²) >= 11 is 29.5. The minimum Gasteiger partial charge on any atom is -0.346 e. The van der Waals surface area contributed by atoms with Crippen LogP contribution >= 0.6 is 58.6 Å². The van der Waals surface area contributed by atoms with Crippen LogP contribution < -0.4 is 5.32 Å². The van der Waals surface area contributed by atoms with Gasteiger partial charge in [0.1, 0.15) is 9.88 Å². The fraction of sp³-hybridized carbons (Fsp3) is 0.278. The molecule has 3 rings (SSSR count). The zero-order valence-electron chi connectivity index (χ0n) is 15.6. The lowest BCUT2D eigenvalue weighted by molar-refractivity contribution is 0.222. The molecule has 0 spiro atoms. The molecule has 0 bridgehead atoms. The normalized spacial score (nSPS) is 15.9. The summed E-state index contributed by atoms with van der Waals surface area (Å²) in [5.41, 5.74) is 0.575. The number of thiocarbonyl (C=S) groups is 1. The van der Waals surface area contributed by atoms with Gasteiger partial charge >= 0.3 is 0 Å². The van der Waals surface area contributed by atoms with Crippen LogP contribution in [0.1, 0.15) is 5.56 Å². The first-order valence-electron chi connectivity index (χ1n) is 8.64. The van der Waals surface area contributed by atoms with Crippen molar-refractivity contribution in [2.24, 2.45) is 0 Å². The number of halogens is 5. The highest BCUT2D eigenvalue weighted by molar-refractivity contribution is 7.89. The zero-order valence-corrected chi connectivity index (χ0v) is 20.2. The molecule has 0 aliphatic carbocycles. The molecule has 162 valence electrons. The van der Waals surface area contributed by atoms with Crippen molar-refractivity contribution in [1.29, 1.82) is 0 Å².